The number of esters is 1. The van der Waals surface area contributed by atoms with Crippen molar-refractivity contribution in [1.29, 1.82) is 0 Å². The molecule has 82 valence electrons. The molecule has 0 heterocycles. The number of halogens is 1. The molecular weight excluding hydrogens is 256 g/mol. The Kier molecular flexibility index (Phi) is 4.33. The third kappa shape index (κ3) is 2.81. The van der Waals surface area contributed by atoms with Gasteiger partial charge in [-0.25, -0.2) is 4.79 Å². The number of ether oxygens (including phenoxy) is 1. The Bertz CT molecular complexity index is 372. The maximum atomic E-state index is 11.6. The largest absolute Gasteiger partial charge is 0.462 e. The van der Waals surface area contributed by atoms with Crippen LogP contribution in [0.25, 0.3) is 0 Å². The van der Waals surface area contributed by atoms with E-state index in [9.17, 15) is 4.79 Å². The highest BCUT2D eigenvalue weighted by molar-refractivity contribution is 9.10. The molecule has 0 N–H and O–H groups in total. The van der Waals surface area contributed by atoms with E-state index in [0.29, 0.717) is 12.2 Å². The van der Waals surface area contributed by atoms with Crippen LogP contribution in [0.2, 0.25) is 0 Å². The van der Waals surface area contributed by atoms with Crippen molar-refractivity contribution in [3.05, 3.63) is 33.3 Å². The second kappa shape index (κ2) is 5.31. The molecule has 0 saturated heterocycles. The first-order valence-corrected chi connectivity index (χ1v) is 5.85. The minimum absolute atomic E-state index is 0.252. The lowest BCUT2D eigenvalue weighted by atomic mass is 10.0. The molecule has 1 aromatic carbocycles. The lowest BCUT2D eigenvalue weighted by Gasteiger charge is -2.09. The van der Waals surface area contributed by atoms with Gasteiger partial charge in [0.15, 0.2) is 0 Å². The predicted octanol–water partition coefficient (Wildman–Crippen LogP) is 3.50. The van der Waals surface area contributed by atoms with Gasteiger partial charge in [0.1, 0.15) is 0 Å². The quantitative estimate of drug-likeness (QED) is 0.786. The summed E-state index contributed by atoms with van der Waals surface area (Å²) in [4.78, 5) is 11.6. The summed E-state index contributed by atoms with van der Waals surface area (Å²) in [5.74, 6) is -0.252. The molecule has 0 aliphatic carbocycles. The molecule has 0 aromatic heterocycles. The second-order valence-electron chi connectivity index (χ2n) is 3.33. The molecule has 0 saturated carbocycles. The van der Waals surface area contributed by atoms with Gasteiger partial charge in [-0.1, -0.05) is 28.9 Å². The topological polar surface area (TPSA) is 26.3 Å². The molecule has 0 aliphatic heterocycles. The summed E-state index contributed by atoms with van der Waals surface area (Å²) in [5.41, 5.74) is 2.81. The zero-order valence-corrected chi connectivity index (χ0v) is 10.8. The number of carbonyl (C=O) groups is 1. The number of benzene rings is 1. The molecule has 0 unspecified atom stereocenters. The van der Waals surface area contributed by atoms with Crippen LogP contribution in [-0.4, -0.2) is 12.6 Å². The molecule has 15 heavy (non-hydrogen) atoms. The summed E-state index contributed by atoms with van der Waals surface area (Å²) in [7, 11) is 0. The highest BCUT2D eigenvalue weighted by atomic mass is 79.9. The van der Waals surface area contributed by atoms with Gasteiger partial charge in [0.2, 0.25) is 0 Å². The third-order valence-corrected chi connectivity index (χ3v) is 3.01. The van der Waals surface area contributed by atoms with Crippen LogP contribution in [0.15, 0.2) is 16.6 Å². The second-order valence-corrected chi connectivity index (χ2v) is 4.19. The normalized spacial score (nSPS) is 10.1. The van der Waals surface area contributed by atoms with Crippen molar-refractivity contribution in [2.45, 2.75) is 27.2 Å². The van der Waals surface area contributed by atoms with Crippen LogP contribution in [0.4, 0.5) is 0 Å². The third-order valence-electron chi connectivity index (χ3n) is 2.27. The van der Waals surface area contributed by atoms with Gasteiger partial charge in [0, 0.05) is 4.47 Å². The molecule has 0 spiro atoms. The molecule has 0 atom stereocenters. The van der Waals surface area contributed by atoms with Crippen molar-refractivity contribution in [3.8, 4) is 0 Å². The zero-order valence-electron chi connectivity index (χ0n) is 9.26. The molecule has 1 rings (SSSR count). The molecule has 1 aromatic rings. The van der Waals surface area contributed by atoms with Crippen LogP contribution in [0.5, 0.6) is 0 Å². The van der Waals surface area contributed by atoms with Gasteiger partial charge in [-0.15, -0.1) is 0 Å². The first-order valence-electron chi connectivity index (χ1n) is 5.06. The summed E-state index contributed by atoms with van der Waals surface area (Å²) in [6, 6.07) is 3.86. The molecule has 0 radical (unpaired) electrons. The van der Waals surface area contributed by atoms with E-state index in [1.165, 1.54) is 5.56 Å². The number of aryl methyl sites for hydroxylation is 2. The fourth-order valence-electron chi connectivity index (χ4n) is 1.44. The van der Waals surface area contributed by atoms with Crippen LogP contribution < -0.4 is 0 Å². The van der Waals surface area contributed by atoms with Crippen molar-refractivity contribution in [1.82, 2.24) is 0 Å². The Morgan fingerprint density at radius 2 is 2.07 bits per heavy atom. The Balaban J connectivity index is 3.10. The lowest BCUT2D eigenvalue weighted by Crippen LogP contribution is -2.07. The van der Waals surface area contributed by atoms with Gasteiger partial charge < -0.3 is 4.74 Å². The van der Waals surface area contributed by atoms with E-state index in [0.717, 1.165) is 16.5 Å². The van der Waals surface area contributed by atoms with Crippen LogP contribution in [0, 0.1) is 6.92 Å². The summed E-state index contributed by atoms with van der Waals surface area (Å²) in [6.07, 6.45) is 0.949. The Morgan fingerprint density at radius 1 is 1.40 bits per heavy atom. The highest BCUT2D eigenvalue weighted by Gasteiger charge is 2.12. The van der Waals surface area contributed by atoms with Crippen LogP contribution in [0.1, 0.15) is 35.3 Å². The Labute approximate surface area is 98.8 Å². The van der Waals surface area contributed by atoms with Gasteiger partial charge in [-0.3, -0.25) is 0 Å². The maximum absolute atomic E-state index is 11.6. The fraction of sp³-hybridized carbons (Fsp3) is 0.417. The van der Waals surface area contributed by atoms with E-state index in [2.05, 4.69) is 22.9 Å². The maximum Gasteiger partial charge on any atom is 0.338 e. The van der Waals surface area contributed by atoms with E-state index < -0.39 is 0 Å². The average Bonchev–Trinajstić information content (AvgIpc) is 2.21. The molecule has 0 bridgehead atoms. The molecule has 3 heteroatoms. The molecule has 0 amide bonds. The van der Waals surface area contributed by atoms with E-state index in [4.69, 9.17) is 4.74 Å². The standard InChI is InChI=1S/C12H15BrO2/c1-4-9-6-8(3)10(7-11(9)13)12(14)15-5-2/h6-7H,4-5H2,1-3H3. The number of hydrogen-bond acceptors (Lipinski definition) is 2. The minimum Gasteiger partial charge on any atom is -0.462 e. The highest BCUT2D eigenvalue weighted by Crippen LogP contribution is 2.22. The van der Waals surface area contributed by atoms with Crippen LogP contribution >= 0.6 is 15.9 Å². The van der Waals surface area contributed by atoms with E-state index in [1.54, 1.807) is 0 Å². The Morgan fingerprint density at radius 3 is 2.60 bits per heavy atom. The number of hydrogen-bond donors (Lipinski definition) is 0. The summed E-state index contributed by atoms with van der Waals surface area (Å²) >= 11 is 3.45. The average molecular weight is 271 g/mol. The smallest absolute Gasteiger partial charge is 0.338 e. The Hall–Kier alpha value is -0.830. The summed E-state index contributed by atoms with van der Waals surface area (Å²) in [5, 5.41) is 0. The SMILES string of the molecule is CCOC(=O)c1cc(Br)c(CC)cc1C. The molecule has 0 fully saturated rings. The lowest BCUT2D eigenvalue weighted by molar-refractivity contribution is 0.0525. The van der Waals surface area contributed by atoms with Gasteiger partial charge in [0.25, 0.3) is 0 Å². The predicted molar refractivity (Wildman–Crippen MR) is 64.2 cm³/mol. The first kappa shape index (κ1) is 12.2. The van der Waals surface area contributed by atoms with E-state index >= 15 is 0 Å². The van der Waals surface area contributed by atoms with Crippen molar-refractivity contribution in [2.75, 3.05) is 6.61 Å². The number of carbonyl (C=O) groups excluding carboxylic acids is 1. The minimum atomic E-state index is -0.252. The van der Waals surface area contributed by atoms with Gasteiger partial charge >= 0.3 is 5.97 Å². The monoisotopic (exact) mass is 270 g/mol. The van der Waals surface area contributed by atoms with Crippen LogP contribution in [-0.2, 0) is 11.2 Å². The summed E-state index contributed by atoms with van der Waals surface area (Å²) in [6.45, 7) is 6.23. The fourth-order valence-corrected chi connectivity index (χ4v) is 2.06. The zero-order chi connectivity index (χ0) is 11.4. The van der Waals surface area contributed by atoms with Crippen molar-refractivity contribution in [3.63, 3.8) is 0 Å². The van der Waals surface area contributed by atoms with E-state index in [1.807, 2.05) is 26.0 Å². The van der Waals surface area contributed by atoms with Crippen molar-refractivity contribution >= 4 is 21.9 Å². The van der Waals surface area contributed by atoms with E-state index in [-0.39, 0.29) is 5.97 Å². The van der Waals surface area contributed by atoms with Gasteiger partial charge in [-0.2, -0.15) is 0 Å². The van der Waals surface area contributed by atoms with Crippen molar-refractivity contribution in [2.24, 2.45) is 0 Å². The van der Waals surface area contributed by atoms with Gasteiger partial charge in [-0.05, 0) is 37.5 Å². The molecule has 0 aliphatic rings. The van der Waals surface area contributed by atoms with Crippen molar-refractivity contribution < 1.29 is 9.53 Å². The van der Waals surface area contributed by atoms with Gasteiger partial charge in [0.05, 0.1) is 12.2 Å². The molecule has 2 nitrogen and oxygen atoms in total. The van der Waals surface area contributed by atoms with Crippen LogP contribution in [0.3, 0.4) is 0 Å². The number of rotatable bonds is 3. The molecular formula is C12H15BrO2. The first-order chi connectivity index (χ1) is 7.10. The summed E-state index contributed by atoms with van der Waals surface area (Å²) < 4.78 is 5.95.